The van der Waals surface area contributed by atoms with Crippen LogP contribution in [0, 0.1) is 6.92 Å². The van der Waals surface area contributed by atoms with Gasteiger partial charge in [-0.1, -0.05) is 18.2 Å². The smallest absolute Gasteiger partial charge is 0.325 e. The van der Waals surface area contributed by atoms with Crippen molar-refractivity contribution in [3.63, 3.8) is 0 Å². The summed E-state index contributed by atoms with van der Waals surface area (Å²) >= 11 is 1.26. The van der Waals surface area contributed by atoms with Gasteiger partial charge in [0.15, 0.2) is 6.61 Å². The molecule has 0 unspecified atom stereocenters. The Morgan fingerprint density at radius 1 is 1.00 bits per heavy atom. The zero-order valence-electron chi connectivity index (χ0n) is 14.6. The summed E-state index contributed by atoms with van der Waals surface area (Å²) in [6.45, 7) is 0.766. The molecule has 3 amide bonds. The predicted molar refractivity (Wildman–Crippen MR) is 100 cm³/mol. The summed E-state index contributed by atoms with van der Waals surface area (Å²) in [5, 5.41) is 9.09. The Bertz CT molecular complexity index is 820. The van der Waals surface area contributed by atoms with Gasteiger partial charge in [0, 0.05) is 5.69 Å². The fourth-order valence-corrected chi connectivity index (χ4v) is 2.65. The molecule has 1 aromatic heterocycles. The van der Waals surface area contributed by atoms with Crippen molar-refractivity contribution >= 4 is 40.7 Å². The van der Waals surface area contributed by atoms with Crippen molar-refractivity contribution in [2.75, 3.05) is 25.0 Å². The molecule has 0 aliphatic carbocycles. The van der Waals surface area contributed by atoms with Crippen LogP contribution in [-0.2, 0) is 19.1 Å². The van der Waals surface area contributed by atoms with E-state index in [4.69, 9.17) is 4.74 Å². The molecule has 0 aliphatic heterocycles. The molecule has 1 aromatic carbocycles. The van der Waals surface area contributed by atoms with Crippen molar-refractivity contribution in [3.8, 4) is 0 Å². The number of ether oxygens (including phenoxy) is 1. The van der Waals surface area contributed by atoms with Gasteiger partial charge in [0.25, 0.3) is 11.8 Å². The van der Waals surface area contributed by atoms with Crippen LogP contribution >= 0.6 is 11.3 Å². The van der Waals surface area contributed by atoms with Crippen molar-refractivity contribution < 1.29 is 23.9 Å². The zero-order chi connectivity index (χ0) is 19.6. The maximum atomic E-state index is 11.7. The molecule has 8 nitrogen and oxygen atoms in total. The molecule has 2 rings (SSSR count). The van der Waals surface area contributed by atoms with Crippen LogP contribution in [0.3, 0.4) is 0 Å². The fraction of sp³-hybridized carbons (Fsp3) is 0.222. The molecular formula is C18H19N3O5S. The van der Waals surface area contributed by atoms with Crippen molar-refractivity contribution in [2.45, 2.75) is 6.92 Å². The average molecular weight is 389 g/mol. The zero-order valence-corrected chi connectivity index (χ0v) is 15.4. The van der Waals surface area contributed by atoms with E-state index < -0.39 is 30.9 Å². The number of benzene rings is 1. The Hall–Kier alpha value is -3.20. The summed E-state index contributed by atoms with van der Waals surface area (Å²) in [6, 6.07) is 10.6. The number of hydrogen-bond donors (Lipinski definition) is 3. The molecule has 27 heavy (non-hydrogen) atoms. The van der Waals surface area contributed by atoms with Gasteiger partial charge in [-0.2, -0.15) is 0 Å². The summed E-state index contributed by atoms with van der Waals surface area (Å²) < 4.78 is 4.79. The highest BCUT2D eigenvalue weighted by Crippen LogP contribution is 2.09. The summed E-state index contributed by atoms with van der Waals surface area (Å²) in [5.74, 6) is -2.15. The number of nitrogens with one attached hydrogen (secondary N) is 3. The van der Waals surface area contributed by atoms with Crippen molar-refractivity contribution in [2.24, 2.45) is 0 Å². The minimum atomic E-state index is -0.757. The summed E-state index contributed by atoms with van der Waals surface area (Å²) in [6.07, 6.45) is 0. The van der Waals surface area contributed by atoms with E-state index in [1.165, 1.54) is 11.3 Å². The maximum absolute atomic E-state index is 11.7. The highest BCUT2D eigenvalue weighted by Gasteiger charge is 2.11. The summed E-state index contributed by atoms with van der Waals surface area (Å²) in [7, 11) is 0. The number of anilines is 1. The number of thiophene rings is 1. The first kappa shape index (κ1) is 20.1. The van der Waals surface area contributed by atoms with Crippen LogP contribution in [-0.4, -0.2) is 43.4 Å². The van der Waals surface area contributed by atoms with Crippen LogP contribution in [0.1, 0.15) is 15.2 Å². The Labute approximate surface area is 159 Å². The lowest BCUT2D eigenvalue weighted by Crippen LogP contribution is -2.39. The first-order valence-electron chi connectivity index (χ1n) is 8.04. The second-order valence-electron chi connectivity index (χ2n) is 5.52. The largest absolute Gasteiger partial charge is 0.454 e. The van der Waals surface area contributed by atoms with Crippen LogP contribution in [0.4, 0.5) is 5.69 Å². The molecule has 1 heterocycles. The number of esters is 1. The third-order valence-corrected chi connectivity index (χ3v) is 4.12. The van der Waals surface area contributed by atoms with Crippen molar-refractivity contribution in [1.82, 2.24) is 10.6 Å². The third-order valence-electron chi connectivity index (χ3n) is 3.25. The van der Waals surface area contributed by atoms with Gasteiger partial charge in [0.2, 0.25) is 5.91 Å². The molecule has 0 aliphatic rings. The molecule has 0 radical (unpaired) electrons. The number of amides is 3. The molecule has 0 saturated carbocycles. The number of carbonyl (C=O) groups is 4. The molecule has 0 atom stereocenters. The van der Waals surface area contributed by atoms with Gasteiger partial charge in [0.05, 0.1) is 11.4 Å². The second kappa shape index (κ2) is 10.1. The topological polar surface area (TPSA) is 114 Å². The number of aryl methyl sites for hydroxylation is 1. The molecule has 0 spiro atoms. The first-order valence-corrected chi connectivity index (χ1v) is 8.92. The fourth-order valence-electron chi connectivity index (χ4n) is 2.01. The Balaban J connectivity index is 1.61. The van der Waals surface area contributed by atoms with Crippen molar-refractivity contribution in [3.05, 3.63) is 52.2 Å². The van der Waals surface area contributed by atoms with E-state index in [0.29, 0.717) is 10.6 Å². The van der Waals surface area contributed by atoms with E-state index >= 15 is 0 Å². The lowest BCUT2D eigenvalue weighted by Gasteiger charge is -2.08. The van der Waals surface area contributed by atoms with E-state index in [-0.39, 0.29) is 12.5 Å². The predicted octanol–water partition coefficient (Wildman–Crippen LogP) is 1.08. The molecule has 9 heteroatoms. The molecule has 0 saturated heterocycles. The SMILES string of the molecule is Cc1cccc(NC(=O)COC(=O)CNC(=O)CNC(=O)c2cccs2)c1. The quantitative estimate of drug-likeness (QED) is 0.585. The van der Waals surface area contributed by atoms with Gasteiger partial charge in [0.1, 0.15) is 6.54 Å². The van der Waals surface area contributed by atoms with E-state index in [1.807, 2.05) is 13.0 Å². The maximum Gasteiger partial charge on any atom is 0.325 e. The standard InChI is InChI=1S/C18H19N3O5S/c1-12-4-2-5-13(8-12)21-16(23)11-26-17(24)10-19-15(22)9-20-18(25)14-6-3-7-27-14/h2-8H,9-11H2,1H3,(H,19,22)(H,20,25)(H,21,23). The van der Waals surface area contributed by atoms with Gasteiger partial charge in [-0.05, 0) is 36.1 Å². The Morgan fingerprint density at radius 2 is 1.81 bits per heavy atom. The number of hydrogen-bond acceptors (Lipinski definition) is 6. The molecular weight excluding hydrogens is 370 g/mol. The van der Waals surface area contributed by atoms with Gasteiger partial charge in [-0.15, -0.1) is 11.3 Å². The van der Waals surface area contributed by atoms with E-state index in [0.717, 1.165) is 5.56 Å². The van der Waals surface area contributed by atoms with Crippen LogP contribution in [0.5, 0.6) is 0 Å². The average Bonchev–Trinajstić information content (AvgIpc) is 3.17. The molecule has 0 bridgehead atoms. The molecule has 3 N–H and O–H groups in total. The third kappa shape index (κ3) is 7.28. The van der Waals surface area contributed by atoms with Crippen LogP contribution in [0.25, 0.3) is 0 Å². The summed E-state index contributed by atoms with van der Waals surface area (Å²) in [5.41, 5.74) is 1.59. The van der Waals surface area contributed by atoms with Crippen LogP contribution in [0.15, 0.2) is 41.8 Å². The number of carbonyl (C=O) groups excluding carboxylic acids is 4. The van der Waals surface area contributed by atoms with Gasteiger partial charge in [-0.3, -0.25) is 19.2 Å². The minimum absolute atomic E-state index is 0.266. The first-order chi connectivity index (χ1) is 12.9. The van der Waals surface area contributed by atoms with Gasteiger partial charge >= 0.3 is 5.97 Å². The van der Waals surface area contributed by atoms with Gasteiger partial charge < -0.3 is 20.7 Å². The van der Waals surface area contributed by atoms with E-state index in [1.54, 1.807) is 35.7 Å². The molecule has 0 fully saturated rings. The van der Waals surface area contributed by atoms with E-state index in [2.05, 4.69) is 16.0 Å². The van der Waals surface area contributed by atoms with Crippen LogP contribution in [0.2, 0.25) is 0 Å². The monoisotopic (exact) mass is 389 g/mol. The molecule has 142 valence electrons. The highest BCUT2D eigenvalue weighted by atomic mass is 32.1. The highest BCUT2D eigenvalue weighted by molar-refractivity contribution is 7.12. The van der Waals surface area contributed by atoms with E-state index in [9.17, 15) is 19.2 Å². The van der Waals surface area contributed by atoms with Crippen LogP contribution < -0.4 is 16.0 Å². The normalized spacial score (nSPS) is 9.96. The molecule has 2 aromatic rings. The lowest BCUT2D eigenvalue weighted by atomic mass is 10.2. The Morgan fingerprint density at radius 3 is 2.52 bits per heavy atom. The minimum Gasteiger partial charge on any atom is -0.454 e. The second-order valence-corrected chi connectivity index (χ2v) is 6.46. The summed E-state index contributed by atoms with van der Waals surface area (Å²) in [4.78, 5) is 47.1. The van der Waals surface area contributed by atoms with Gasteiger partial charge in [-0.25, -0.2) is 0 Å². The number of rotatable bonds is 8. The van der Waals surface area contributed by atoms with Crippen molar-refractivity contribution in [1.29, 1.82) is 0 Å². The Kier molecular flexibility index (Phi) is 7.50. The lowest BCUT2D eigenvalue weighted by molar-refractivity contribution is -0.147.